The lowest BCUT2D eigenvalue weighted by Gasteiger charge is -2.27. The van der Waals surface area contributed by atoms with Gasteiger partial charge in [-0.3, -0.25) is 10.1 Å². The predicted molar refractivity (Wildman–Crippen MR) is 60.1 cm³/mol. The minimum absolute atomic E-state index is 0.0306. The number of ether oxygens (including phenoxy) is 1. The van der Waals surface area contributed by atoms with Gasteiger partial charge in [-0.05, 0) is 28.1 Å². The first-order valence-electron chi connectivity index (χ1n) is 4.50. The van der Waals surface area contributed by atoms with Crippen LogP contribution in [0.25, 0.3) is 0 Å². The zero-order valence-electron chi connectivity index (χ0n) is 7.77. The number of hydrogen-bond acceptors (Lipinski definition) is 4. The molecule has 2 rings (SSSR count). The van der Waals surface area contributed by atoms with Gasteiger partial charge in [0.1, 0.15) is 12.1 Å². The Morgan fingerprint density at radius 1 is 1.67 bits per heavy atom. The minimum atomic E-state index is -0.860. The Morgan fingerprint density at radius 3 is 2.93 bits per heavy atom. The molecule has 1 aliphatic heterocycles. The normalized spacial score (nSPS) is 26.5. The van der Waals surface area contributed by atoms with Gasteiger partial charge in [-0.15, -0.1) is 11.3 Å². The number of morpholine rings is 1. The molecule has 0 bridgehead atoms. The topological polar surface area (TPSA) is 58.6 Å². The Morgan fingerprint density at radius 2 is 2.47 bits per heavy atom. The van der Waals surface area contributed by atoms with E-state index in [0.717, 1.165) is 8.66 Å². The van der Waals surface area contributed by atoms with Crippen LogP contribution in [-0.4, -0.2) is 30.3 Å². The van der Waals surface area contributed by atoms with Crippen molar-refractivity contribution in [1.29, 1.82) is 0 Å². The number of aliphatic carboxylic acids is 1. The largest absolute Gasteiger partial charge is 0.480 e. The molecule has 2 atom stereocenters. The molecule has 1 aromatic heterocycles. The SMILES string of the molecule is O=C(O)C1COC(c2ccc(Br)s2)CN1. The third-order valence-electron chi connectivity index (χ3n) is 2.22. The molecule has 0 aliphatic carbocycles. The Balaban J connectivity index is 1.96. The zero-order valence-corrected chi connectivity index (χ0v) is 10.2. The second-order valence-corrected chi connectivity index (χ2v) is 5.76. The molecule has 2 unspecified atom stereocenters. The van der Waals surface area contributed by atoms with E-state index < -0.39 is 12.0 Å². The maximum Gasteiger partial charge on any atom is 0.323 e. The van der Waals surface area contributed by atoms with Crippen molar-refractivity contribution >= 4 is 33.2 Å². The van der Waals surface area contributed by atoms with Gasteiger partial charge in [0.25, 0.3) is 0 Å². The molecule has 15 heavy (non-hydrogen) atoms. The first-order valence-corrected chi connectivity index (χ1v) is 6.11. The summed E-state index contributed by atoms with van der Waals surface area (Å²) in [7, 11) is 0. The standard InChI is InChI=1S/C9H10BrNO3S/c10-8-2-1-7(15-8)6-3-11-5(4-14-6)9(12)13/h1-2,5-6,11H,3-4H2,(H,12,13). The second kappa shape index (κ2) is 4.61. The number of rotatable bonds is 2. The van der Waals surface area contributed by atoms with Crippen LogP contribution >= 0.6 is 27.3 Å². The molecular weight excluding hydrogens is 282 g/mol. The Labute approximate surface area is 99.4 Å². The molecule has 0 saturated carbocycles. The van der Waals surface area contributed by atoms with Crippen LogP contribution in [0.5, 0.6) is 0 Å². The highest BCUT2D eigenvalue weighted by Crippen LogP contribution is 2.30. The maximum atomic E-state index is 10.7. The van der Waals surface area contributed by atoms with E-state index in [1.54, 1.807) is 11.3 Å². The Hall–Kier alpha value is -0.430. The van der Waals surface area contributed by atoms with Crippen molar-refractivity contribution in [3.8, 4) is 0 Å². The van der Waals surface area contributed by atoms with Gasteiger partial charge >= 0.3 is 5.97 Å². The van der Waals surface area contributed by atoms with Gasteiger partial charge < -0.3 is 9.84 Å². The van der Waals surface area contributed by atoms with Crippen LogP contribution in [0.3, 0.4) is 0 Å². The number of carbonyl (C=O) groups is 1. The molecule has 4 nitrogen and oxygen atoms in total. The van der Waals surface area contributed by atoms with Crippen molar-refractivity contribution in [3.63, 3.8) is 0 Å². The first kappa shape index (κ1) is 11.1. The monoisotopic (exact) mass is 291 g/mol. The summed E-state index contributed by atoms with van der Waals surface area (Å²) in [5.41, 5.74) is 0. The summed E-state index contributed by atoms with van der Waals surface area (Å²) in [6, 6.07) is 3.37. The molecule has 0 aromatic carbocycles. The molecule has 1 fully saturated rings. The number of carboxylic acid groups (broad SMARTS) is 1. The lowest BCUT2D eigenvalue weighted by molar-refractivity contribution is -0.144. The van der Waals surface area contributed by atoms with Gasteiger partial charge in [-0.1, -0.05) is 0 Å². The molecule has 0 amide bonds. The summed E-state index contributed by atoms with van der Waals surface area (Å²) >= 11 is 4.99. The fourth-order valence-corrected chi connectivity index (χ4v) is 2.90. The number of halogens is 1. The van der Waals surface area contributed by atoms with Gasteiger partial charge in [-0.25, -0.2) is 0 Å². The van der Waals surface area contributed by atoms with Crippen LogP contribution in [-0.2, 0) is 9.53 Å². The fourth-order valence-electron chi connectivity index (χ4n) is 1.42. The first-order chi connectivity index (χ1) is 7.16. The number of thiophene rings is 1. The Bertz CT molecular complexity index is 360. The van der Waals surface area contributed by atoms with Gasteiger partial charge in [0.2, 0.25) is 0 Å². The van der Waals surface area contributed by atoms with Crippen LogP contribution in [0, 0.1) is 0 Å². The molecular formula is C9H10BrNO3S. The van der Waals surface area contributed by atoms with Crippen LogP contribution in [0.2, 0.25) is 0 Å². The van der Waals surface area contributed by atoms with Crippen molar-refractivity contribution in [1.82, 2.24) is 5.32 Å². The van der Waals surface area contributed by atoms with Crippen molar-refractivity contribution in [2.24, 2.45) is 0 Å². The van der Waals surface area contributed by atoms with Gasteiger partial charge in [0.05, 0.1) is 10.4 Å². The molecule has 1 aromatic rings. The van der Waals surface area contributed by atoms with Crippen LogP contribution < -0.4 is 5.32 Å². The minimum Gasteiger partial charge on any atom is -0.480 e. The highest BCUT2D eigenvalue weighted by Gasteiger charge is 2.27. The summed E-state index contributed by atoms with van der Waals surface area (Å²) in [5.74, 6) is -0.860. The van der Waals surface area contributed by atoms with E-state index in [-0.39, 0.29) is 12.7 Å². The summed E-state index contributed by atoms with van der Waals surface area (Å²) in [5, 5.41) is 11.7. The molecule has 6 heteroatoms. The van der Waals surface area contributed by atoms with Crippen molar-refractivity contribution in [2.45, 2.75) is 12.1 Å². The molecule has 0 spiro atoms. The van der Waals surface area contributed by atoms with Gasteiger partial charge in [-0.2, -0.15) is 0 Å². The van der Waals surface area contributed by atoms with E-state index >= 15 is 0 Å². The van der Waals surface area contributed by atoms with Crippen molar-refractivity contribution in [3.05, 3.63) is 20.8 Å². The molecule has 2 N–H and O–H groups in total. The number of nitrogens with one attached hydrogen (secondary N) is 1. The Kier molecular flexibility index (Phi) is 3.40. The molecule has 1 saturated heterocycles. The average molecular weight is 292 g/mol. The van der Waals surface area contributed by atoms with Crippen LogP contribution in [0.1, 0.15) is 11.0 Å². The van der Waals surface area contributed by atoms with Crippen molar-refractivity contribution < 1.29 is 14.6 Å². The quantitative estimate of drug-likeness (QED) is 0.869. The zero-order chi connectivity index (χ0) is 10.8. The van der Waals surface area contributed by atoms with Gasteiger partial charge in [0, 0.05) is 11.4 Å². The third-order valence-corrected chi connectivity index (χ3v) is 3.94. The summed E-state index contributed by atoms with van der Waals surface area (Å²) in [6.45, 7) is 0.763. The van der Waals surface area contributed by atoms with Gasteiger partial charge in [0.15, 0.2) is 0 Å². The lowest BCUT2D eigenvalue weighted by atomic mass is 10.2. The second-order valence-electron chi connectivity index (χ2n) is 3.26. The fraction of sp³-hybridized carbons (Fsp3) is 0.444. The summed E-state index contributed by atoms with van der Waals surface area (Å²) in [6.07, 6.45) is -0.0306. The molecule has 82 valence electrons. The van der Waals surface area contributed by atoms with E-state index in [9.17, 15) is 4.79 Å². The van der Waals surface area contributed by atoms with E-state index in [2.05, 4.69) is 21.2 Å². The summed E-state index contributed by atoms with van der Waals surface area (Å²) < 4.78 is 6.55. The average Bonchev–Trinajstić information content (AvgIpc) is 2.65. The third kappa shape index (κ3) is 2.57. The van der Waals surface area contributed by atoms with Crippen LogP contribution in [0.15, 0.2) is 15.9 Å². The molecule has 0 radical (unpaired) electrons. The maximum absolute atomic E-state index is 10.7. The smallest absolute Gasteiger partial charge is 0.323 e. The highest BCUT2D eigenvalue weighted by atomic mass is 79.9. The molecule has 2 heterocycles. The number of carboxylic acids is 1. The molecule has 1 aliphatic rings. The highest BCUT2D eigenvalue weighted by molar-refractivity contribution is 9.11. The lowest BCUT2D eigenvalue weighted by Crippen LogP contribution is -2.47. The van der Waals surface area contributed by atoms with E-state index in [1.165, 1.54) is 0 Å². The summed E-state index contributed by atoms with van der Waals surface area (Å²) in [4.78, 5) is 11.8. The van der Waals surface area contributed by atoms with Crippen LogP contribution in [0.4, 0.5) is 0 Å². The predicted octanol–water partition coefficient (Wildman–Crippen LogP) is 1.62. The number of hydrogen-bond donors (Lipinski definition) is 2. The van der Waals surface area contributed by atoms with Crippen molar-refractivity contribution in [2.75, 3.05) is 13.2 Å². The van der Waals surface area contributed by atoms with E-state index in [0.29, 0.717) is 6.54 Å². The van der Waals surface area contributed by atoms with E-state index in [4.69, 9.17) is 9.84 Å². The van der Waals surface area contributed by atoms with E-state index in [1.807, 2.05) is 12.1 Å².